The van der Waals surface area contributed by atoms with Crippen molar-refractivity contribution >= 4 is 49.5 Å². The van der Waals surface area contributed by atoms with Gasteiger partial charge in [-0.05, 0) is 59.7 Å². The van der Waals surface area contributed by atoms with Gasteiger partial charge in [0.15, 0.2) is 0 Å². The molecule has 0 bridgehead atoms. The van der Waals surface area contributed by atoms with Crippen LogP contribution >= 0.6 is 31.9 Å². The monoisotopic (exact) mass is 482 g/mol. The number of halogens is 2. The summed E-state index contributed by atoms with van der Waals surface area (Å²) in [6.45, 7) is 2.15. The number of carbonyl (C=O) groups is 2. The molecule has 0 aliphatic rings. The summed E-state index contributed by atoms with van der Waals surface area (Å²) in [6.07, 6.45) is 1.61. The summed E-state index contributed by atoms with van der Waals surface area (Å²) in [5, 5.41) is 5.63. The summed E-state index contributed by atoms with van der Waals surface area (Å²) in [7, 11) is 1.72. The molecule has 1 heterocycles. The van der Waals surface area contributed by atoms with Gasteiger partial charge >= 0.3 is 0 Å². The number of benzene rings is 1. The third-order valence-electron chi connectivity index (χ3n) is 3.57. The molecule has 0 aliphatic heterocycles. The zero-order chi connectivity index (χ0) is 19.1. The standard InChI is InChI=1S/C18H20Br2N4O2/c1-12(13-3-5-14(19)6-4-13)22-17(25)10-24(2)11-18(26)23-16-8-7-15(20)9-21-16/h3-9,12H,10-11H2,1-2H3,(H,22,25)(H,21,23,26). The third kappa shape index (κ3) is 6.86. The van der Waals surface area contributed by atoms with Crippen LogP contribution in [0.15, 0.2) is 51.5 Å². The van der Waals surface area contributed by atoms with E-state index >= 15 is 0 Å². The van der Waals surface area contributed by atoms with Gasteiger partial charge in [0.25, 0.3) is 0 Å². The fourth-order valence-corrected chi connectivity index (χ4v) is 2.80. The molecule has 0 fully saturated rings. The molecule has 0 spiro atoms. The molecule has 0 saturated heterocycles. The molecule has 1 atom stereocenters. The van der Waals surface area contributed by atoms with Crippen LogP contribution in [0.4, 0.5) is 5.82 Å². The molecule has 2 amide bonds. The quantitative estimate of drug-likeness (QED) is 0.633. The summed E-state index contributed by atoms with van der Waals surface area (Å²) < 4.78 is 1.83. The van der Waals surface area contributed by atoms with Crippen LogP contribution in [0.2, 0.25) is 0 Å². The Bertz CT molecular complexity index is 751. The molecule has 2 rings (SSSR count). The molecule has 2 aromatic rings. The van der Waals surface area contributed by atoms with Crippen molar-refractivity contribution in [2.24, 2.45) is 0 Å². The lowest BCUT2D eigenvalue weighted by Crippen LogP contribution is -2.39. The van der Waals surface area contributed by atoms with Crippen LogP contribution in [-0.2, 0) is 9.59 Å². The van der Waals surface area contributed by atoms with Crippen LogP contribution < -0.4 is 10.6 Å². The van der Waals surface area contributed by atoms with Gasteiger partial charge < -0.3 is 10.6 Å². The lowest BCUT2D eigenvalue weighted by molar-refractivity contribution is -0.123. The normalized spacial score (nSPS) is 11.9. The zero-order valence-electron chi connectivity index (χ0n) is 14.5. The summed E-state index contributed by atoms with van der Waals surface area (Å²) in [6, 6.07) is 11.2. The van der Waals surface area contributed by atoms with Crippen molar-refractivity contribution in [2.75, 3.05) is 25.5 Å². The van der Waals surface area contributed by atoms with Gasteiger partial charge in [-0.15, -0.1) is 0 Å². The maximum Gasteiger partial charge on any atom is 0.239 e. The number of nitrogens with zero attached hydrogens (tertiary/aromatic N) is 2. The van der Waals surface area contributed by atoms with E-state index in [0.29, 0.717) is 5.82 Å². The van der Waals surface area contributed by atoms with E-state index in [4.69, 9.17) is 0 Å². The van der Waals surface area contributed by atoms with E-state index in [1.165, 1.54) is 0 Å². The summed E-state index contributed by atoms with van der Waals surface area (Å²) >= 11 is 6.68. The minimum atomic E-state index is -0.226. The van der Waals surface area contributed by atoms with Gasteiger partial charge in [-0.25, -0.2) is 4.98 Å². The van der Waals surface area contributed by atoms with Crippen molar-refractivity contribution in [3.05, 3.63) is 57.1 Å². The highest BCUT2D eigenvalue weighted by molar-refractivity contribution is 9.10. The van der Waals surface area contributed by atoms with Crippen LogP contribution in [0, 0.1) is 0 Å². The number of aromatic nitrogens is 1. The van der Waals surface area contributed by atoms with Gasteiger partial charge in [0, 0.05) is 15.1 Å². The molecule has 0 radical (unpaired) electrons. The van der Waals surface area contributed by atoms with Crippen LogP contribution in [0.5, 0.6) is 0 Å². The highest BCUT2D eigenvalue weighted by Gasteiger charge is 2.14. The molecule has 0 saturated carbocycles. The molecule has 6 nitrogen and oxygen atoms in total. The van der Waals surface area contributed by atoms with Gasteiger partial charge in [0.2, 0.25) is 11.8 Å². The van der Waals surface area contributed by atoms with E-state index in [1.54, 1.807) is 30.3 Å². The number of likely N-dealkylation sites (N-methyl/N-ethyl adjacent to an activating group) is 1. The van der Waals surface area contributed by atoms with Crippen LogP contribution in [0.1, 0.15) is 18.5 Å². The van der Waals surface area contributed by atoms with Gasteiger partial charge in [-0.3, -0.25) is 14.5 Å². The van der Waals surface area contributed by atoms with Gasteiger partial charge in [0.1, 0.15) is 5.82 Å². The number of hydrogen-bond acceptors (Lipinski definition) is 4. The number of anilines is 1. The van der Waals surface area contributed by atoms with Crippen molar-refractivity contribution in [3.8, 4) is 0 Å². The average Bonchev–Trinajstić information content (AvgIpc) is 2.57. The first kappa shape index (κ1) is 20.5. The van der Waals surface area contributed by atoms with Crippen LogP contribution in [-0.4, -0.2) is 41.8 Å². The Kier molecular flexibility index (Phi) is 7.74. The van der Waals surface area contributed by atoms with Crippen molar-refractivity contribution in [3.63, 3.8) is 0 Å². The maximum atomic E-state index is 12.2. The highest BCUT2D eigenvalue weighted by Crippen LogP contribution is 2.16. The minimum absolute atomic E-state index is 0.0951. The lowest BCUT2D eigenvalue weighted by Gasteiger charge is -2.19. The smallest absolute Gasteiger partial charge is 0.239 e. The number of hydrogen-bond donors (Lipinski definition) is 2. The average molecular weight is 484 g/mol. The van der Waals surface area contributed by atoms with E-state index in [0.717, 1.165) is 14.5 Å². The molecule has 2 N–H and O–H groups in total. The van der Waals surface area contributed by atoms with E-state index in [9.17, 15) is 9.59 Å². The molecular weight excluding hydrogens is 464 g/mol. The largest absolute Gasteiger partial charge is 0.348 e. The number of nitrogens with one attached hydrogen (secondary N) is 2. The number of carbonyl (C=O) groups excluding carboxylic acids is 2. The molecule has 1 aromatic heterocycles. The summed E-state index contributed by atoms with van der Waals surface area (Å²) in [4.78, 5) is 29.9. The maximum absolute atomic E-state index is 12.2. The highest BCUT2D eigenvalue weighted by atomic mass is 79.9. The Morgan fingerprint density at radius 1 is 1.04 bits per heavy atom. The van der Waals surface area contributed by atoms with Gasteiger partial charge in [-0.1, -0.05) is 28.1 Å². The molecule has 26 heavy (non-hydrogen) atoms. The Balaban J connectivity index is 1.78. The second-order valence-electron chi connectivity index (χ2n) is 5.92. The zero-order valence-corrected chi connectivity index (χ0v) is 17.7. The molecular formula is C18H20Br2N4O2. The third-order valence-corrected chi connectivity index (χ3v) is 4.57. The Morgan fingerprint density at radius 2 is 1.65 bits per heavy atom. The summed E-state index contributed by atoms with van der Waals surface area (Å²) in [5.74, 6) is 0.105. The van der Waals surface area contributed by atoms with Crippen molar-refractivity contribution in [2.45, 2.75) is 13.0 Å². The van der Waals surface area contributed by atoms with Crippen molar-refractivity contribution in [1.29, 1.82) is 0 Å². The fraction of sp³-hybridized carbons (Fsp3) is 0.278. The van der Waals surface area contributed by atoms with Crippen LogP contribution in [0.25, 0.3) is 0 Å². The predicted molar refractivity (Wildman–Crippen MR) is 109 cm³/mol. The second-order valence-corrected chi connectivity index (χ2v) is 7.75. The van der Waals surface area contributed by atoms with Crippen molar-refractivity contribution in [1.82, 2.24) is 15.2 Å². The minimum Gasteiger partial charge on any atom is -0.348 e. The van der Waals surface area contributed by atoms with E-state index in [2.05, 4.69) is 47.5 Å². The summed E-state index contributed by atoms with van der Waals surface area (Å²) in [5.41, 5.74) is 1.02. The first-order chi connectivity index (χ1) is 12.3. The SMILES string of the molecule is CC(NC(=O)CN(C)CC(=O)Nc1ccc(Br)cn1)c1ccc(Br)cc1. The van der Waals surface area contributed by atoms with E-state index < -0.39 is 0 Å². The number of rotatable bonds is 7. The Morgan fingerprint density at radius 3 is 2.27 bits per heavy atom. The fourth-order valence-electron chi connectivity index (χ4n) is 2.30. The molecule has 138 valence electrons. The molecule has 1 unspecified atom stereocenters. The predicted octanol–water partition coefficient (Wildman–Crippen LogP) is 3.35. The number of amides is 2. The molecule has 1 aromatic carbocycles. The van der Waals surface area contributed by atoms with Gasteiger partial charge in [0.05, 0.1) is 19.1 Å². The lowest BCUT2D eigenvalue weighted by atomic mass is 10.1. The first-order valence-electron chi connectivity index (χ1n) is 7.98. The molecule has 0 aliphatic carbocycles. The molecule has 8 heteroatoms. The first-order valence-corrected chi connectivity index (χ1v) is 9.57. The Labute approximate surface area is 169 Å². The van der Waals surface area contributed by atoms with Crippen LogP contribution in [0.3, 0.4) is 0 Å². The number of pyridine rings is 1. The van der Waals surface area contributed by atoms with Crippen molar-refractivity contribution < 1.29 is 9.59 Å². The Hall–Kier alpha value is -1.77. The van der Waals surface area contributed by atoms with E-state index in [-0.39, 0.29) is 30.9 Å². The topological polar surface area (TPSA) is 74.3 Å². The second kappa shape index (κ2) is 9.80. The van der Waals surface area contributed by atoms with E-state index in [1.807, 2.05) is 31.2 Å². The van der Waals surface area contributed by atoms with Gasteiger partial charge in [-0.2, -0.15) is 0 Å².